The second-order valence-corrected chi connectivity index (χ2v) is 6.47. The fraction of sp³-hybridized carbons (Fsp3) is 0.500. The Hall–Kier alpha value is -1.48. The standard InChI is InChI=1S/C12H17N3O4S2/c1-3-10(8-19-12(16)13-4-2)20-21-11-6-5-9(7-14-11)15(17)18/h5-7,10H,3-4,8H2,1-2H3,(H,13,16). The molecule has 1 N–H and O–H groups in total. The van der Waals surface area contributed by atoms with Crippen LogP contribution in [0.4, 0.5) is 10.5 Å². The zero-order valence-electron chi connectivity index (χ0n) is 11.8. The van der Waals surface area contributed by atoms with Gasteiger partial charge < -0.3 is 10.1 Å². The number of rotatable bonds is 8. The summed E-state index contributed by atoms with van der Waals surface area (Å²) in [6.45, 7) is 4.67. The maximum absolute atomic E-state index is 11.2. The lowest BCUT2D eigenvalue weighted by atomic mass is 10.3. The van der Waals surface area contributed by atoms with Gasteiger partial charge >= 0.3 is 6.09 Å². The van der Waals surface area contributed by atoms with Gasteiger partial charge in [-0.2, -0.15) is 0 Å². The van der Waals surface area contributed by atoms with E-state index in [1.54, 1.807) is 6.07 Å². The van der Waals surface area contributed by atoms with Crippen LogP contribution in [0.5, 0.6) is 0 Å². The molecule has 1 amide bonds. The van der Waals surface area contributed by atoms with E-state index in [0.29, 0.717) is 18.2 Å². The third kappa shape index (κ3) is 6.67. The largest absolute Gasteiger partial charge is 0.448 e. The van der Waals surface area contributed by atoms with Crippen LogP contribution < -0.4 is 5.32 Å². The van der Waals surface area contributed by atoms with Crippen LogP contribution in [0.15, 0.2) is 23.4 Å². The molecule has 0 radical (unpaired) electrons. The minimum absolute atomic E-state index is 0.0315. The number of nitro groups is 1. The normalized spacial score (nSPS) is 11.7. The molecule has 1 heterocycles. The van der Waals surface area contributed by atoms with E-state index < -0.39 is 11.0 Å². The molecule has 0 bridgehead atoms. The highest BCUT2D eigenvalue weighted by Gasteiger charge is 2.12. The predicted octanol–water partition coefficient (Wildman–Crippen LogP) is 3.25. The molecule has 1 atom stereocenters. The Morgan fingerprint density at radius 3 is 2.81 bits per heavy atom. The van der Waals surface area contributed by atoms with Crippen molar-refractivity contribution in [2.45, 2.75) is 30.5 Å². The van der Waals surface area contributed by atoms with Gasteiger partial charge in [0.25, 0.3) is 5.69 Å². The summed E-state index contributed by atoms with van der Waals surface area (Å²) in [5.74, 6) is 0. The summed E-state index contributed by atoms with van der Waals surface area (Å²) in [5.41, 5.74) is -0.0315. The first-order valence-corrected chi connectivity index (χ1v) is 8.62. The first kappa shape index (κ1) is 17.6. The molecule has 0 saturated carbocycles. The molecule has 0 saturated heterocycles. The molecule has 7 nitrogen and oxygen atoms in total. The van der Waals surface area contributed by atoms with Crippen molar-refractivity contribution in [1.29, 1.82) is 0 Å². The molecule has 0 aliphatic rings. The van der Waals surface area contributed by atoms with E-state index in [4.69, 9.17) is 4.74 Å². The lowest BCUT2D eigenvalue weighted by Gasteiger charge is -2.13. The number of carbonyl (C=O) groups excluding carboxylic acids is 1. The Bertz CT molecular complexity index is 470. The summed E-state index contributed by atoms with van der Waals surface area (Å²) >= 11 is 0. The highest BCUT2D eigenvalue weighted by atomic mass is 33.1. The molecule has 0 aliphatic heterocycles. The quantitative estimate of drug-likeness (QED) is 0.444. The van der Waals surface area contributed by atoms with Gasteiger partial charge in [0.2, 0.25) is 0 Å². The van der Waals surface area contributed by atoms with Crippen molar-refractivity contribution in [2.75, 3.05) is 13.2 Å². The van der Waals surface area contributed by atoms with Crippen molar-refractivity contribution in [2.24, 2.45) is 0 Å². The first-order valence-electron chi connectivity index (χ1n) is 6.41. The molecule has 0 spiro atoms. The molecule has 0 aromatic carbocycles. The van der Waals surface area contributed by atoms with Crippen molar-refractivity contribution in [3.05, 3.63) is 28.4 Å². The Morgan fingerprint density at radius 2 is 2.29 bits per heavy atom. The van der Waals surface area contributed by atoms with Crippen molar-refractivity contribution >= 4 is 33.4 Å². The summed E-state index contributed by atoms with van der Waals surface area (Å²) in [6, 6.07) is 3.02. The number of nitrogens with zero attached hydrogens (tertiary/aromatic N) is 2. The summed E-state index contributed by atoms with van der Waals surface area (Å²) < 4.78 is 5.08. The summed E-state index contributed by atoms with van der Waals surface area (Å²) in [4.78, 5) is 25.3. The molecular weight excluding hydrogens is 314 g/mol. The van der Waals surface area contributed by atoms with Crippen molar-refractivity contribution in [3.8, 4) is 0 Å². The Kier molecular flexibility index (Phi) is 7.91. The maximum Gasteiger partial charge on any atom is 0.407 e. The molecule has 1 aromatic heterocycles. The van der Waals surface area contributed by atoms with E-state index in [-0.39, 0.29) is 10.9 Å². The van der Waals surface area contributed by atoms with Gasteiger partial charge in [-0.1, -0.05) is 17.7 Å². The number of amides is 1. The Balaban J connectivity index is 2.40. The zero-order chi connectivity index (χ0) is 15.7. The Labute approximate surface area is 130 Å². The van der Waals surface area contributed by atoms with Gasteiger partial charge in [0, 0.05) is 17.9 Å². The van der Waals surface area contributed by atoms with Gasteiger partial charge in [0.05, 0.1) is 4.92 Å². The topological polar surface area (TPSA) is 94.4 Å². The SMILES string of the molecule is CCNC(=O)OCC(CC)SSc1ccc([N+](=O)[O-])cn1. The molecule has 116 valence electrons. The summed E-state index contributed by atoms with van der Waals surface area (Å²) in [6.07, 6.45) is 1.65. The maximum atomic E-state index is 11.2. The monoisotopic (exact) mass is 331 g/mol. The van der Waals surface area contributed by atoms with E-state index in [2.05, 4.69) is 10.3 Å². The van der Waals surface area contributed by atoms with Gasteiger partial charge in [0.15, 0.2) is 0 Å². The zero-order valence-corrected chi connectivity index (χ0v) is 13.4. The number of alkyl carbamates (subject to hydrolysis) is 1. The summed E-state index contributed by atoms with van der Waals surface area (Å²) in [7, 11) is 2.94. The predicted molar refractivity (Wildman–Crippen MR) is 83.4 cm³/mol. The van der Waals surface area contributed by atoms with Gasteiger partial charge in [-0.15, -0.1) is 0 Å². The fourth-order valence-electron chi connectivity index (χ4n) is 1.22. The van der Waals surface area contributed by atoms with Crippen molar-refractivity contribution in [3.63, 3.8) is 0 Å². The number of carbonyl (C=O) groups is 1. The minimum Gasteiger partial charge on any atom is -0.448 e. The number of hydrogen-bond donors (Lipinski definition) is 1. The van der Waals surface area contributed by atoms with Gasteiger partial charge in [0.1, 0.15) is 17.8 Å². The van der Waals surface area contributed by atoms with E-state index in [9.17, 15) is 14.9 Å². The lowest BCUT2D eigenvalue weighted by molar-refractivity contribution is -0.385. The number of aromatic nitrogens is 1. The third-order valence-corrected chi connectivity index (χ3v) is 5.25. The molecule has 1 unspecified atom stereocenters. The fourth-order valence-corrected chi connectivity index (χ4v) is 3.51. The smallest absolute Gasteiger partial charge is 0.407 e. The molecule has 21 heavy (non-hydrogen) atoms. The summed E-state index contributed by atoms with van der Waals surface area (Å²) in [5, 5.41) is 13.9. The molecule has 1 rings (SSSR count). The average Bonchev–Trinajstić information content (AvgIpc) is 2.48. The van der Waals surface area contributed by atoms with Crippen LogP contribution in [-0.4, -0.2) is 34.4 Å². The second-order valence-electron chi connectivity index (χ2n) is 3.95. The molecule has 1 aromatic rings. The average molecular weight is 331 g/mol. The number of pyridine rings is 1. The van der Waals surface area contributed by atoms with Crippen LogP contribution in [0.25, 0.3) is 0 Å². The van der Waals surface area contributed by atoms with Gasteiger partial charge in [-0.05, 0) is 30.2 Å². The van der Waals surface area contributed by atoms with Crippen molar-refractivity contribution < 1.29 is 14.5 Å². The van der Waals surface area contributed by atoms with Crippen LogP contribution in [0.3, 0.4) is 0 Å². The van der Waals surface area contributed by atoms with Crippen LogP contribution in [0.1, 0.15) is 20.3 Å². The molecule has 0 fully saturated rings. The minimum atomic E-state index is -0.483. The molecular formula is C12H17N3O4S2. The Morgan fingerprint density at radius 1 is 1.52 bits per heavy atom. The van der Waals surface area contributed by atoms with Crippen LogP contribution in [-0.2, 0) is 4.74 Å². The number of nitrogens with one attached hydrogen (secondary N) is 1. The van der Waals surface area contributed by atoms with Crippen molar-refractivity contribution in [1.82, 2.24) is 10.3 Å². The van der Waals surface area contributed by atoms with Crippen LogP contribution >= 0.6 is 21.6 Å². The molecule has 0 aliphatic carbocycles. The van der Waals surface area contributed by atoms with E-state index >= 15 is 0 Å². The van der Waals surface area contributed by atoms with Crippen LogP contribution in [0, 0.1) is 10.1 Å². The lowest BCUT2D eigenvalue weighted by Crippen LogP contribution is -2.26. The van der Waals surface area contributed by atoms with E-state index in [1.807, 2.05) is 13.8 Å². The van der Waals surface area contributed by atoms with Crippen LogP contribution in [0.2, 0.25) is 0 Å². The second kappa shape index (κ2) is 9.46. The van der Waals surface area contributed by atoms with E-state index in [1.165, 1.54) is 33.9 Å². The number of hydrogen-bond acceptors (Lipinski definition) is 7. The first-order chi connectivity index (χ1) is 10.1. The highest BCUT2D eigenvalue weighted by Crippen LogP contribution is 2.35. The highest BCUT2D eigenvalue weighted by molar-refractivity contribution is 8.76. The number of ether oxygens (including phenoxy) is 1. The van der Waals surface area contributed by atoms with Gasteiger partial charge in [-0.25, -0.2) is 9.78 Å². The van der Waals surface area contributed by atoms with Gasteiger partial charge in [-0.3, -0.25) is 10.1 Å². The third-order valence-electron chi connectivity index (χ3n) is 2.38. The molecule has 9 heteroatoms. The van der Waals surface area contributed by atoms with E-state index in [0.717, 1.165) is 6.42 Å².